The van der Waals surface area contributed by atoms with Crippen LogP contribution in [0.2, 0.25) is 0 Å². The Morgan fingerprint density at radius 3 is 2.36 bits per heavy atom. The van der Waals surface area contributed by atoms with Crippen LogP contribution in [-0.2, 0) is 0 Å². The van der Waals surface area contributed by atoms with E-state index in [1.54, 1.807) is 0 Å². The van der Waals surface area contributed by atoms with Gasteiger partial charge in [-0.3, -0.25) is 0 Å². The van der Waals surface area contributed by atoms with E-state index in [0.717, 1.165) is 3.84 Å². The van der Waals surface area contributed by atoms with Gasteiger partial charge in [-0.05, 0) is 0 Å². The molecule has 11 heavy (non-hydrogen) atoms. The van der Waals surface area contributed by atoms with Crippen molar-refractivity contribution in [1.29, 1.82) is 0 Å². The van der Waals surface area contributed by atoms with E-state index in [1.165, 1.54) is 12.4 Å². The molecule has 0 aromatic carbocycles. The van der Waals surface area contributed by atoms with E-state index < -0.39 is 6.61 Å². The minimum absolute atomic E-state index is 0.0110. The number of nitrogens with zero attached hydrogens (tertiary/aromatic N) is 2. The zero-order chi connectivity index (χ0) is 8.27. The summed E-state index contributed by atoms with van der Waals surface area (Å²) in [5.74, 6) is 0.0110. The van der Waals surface area contributed by atoms with E-state index in [4.69, 9.17) is 0 Å². The molecule has 0 saturated heterocycles. The monoisotopic (exact) mass is 268 g/mol. The summed E-state index contributed by atoms with van der Waals surface area (Å²) in [7, 11) is 0. The van der Waals surface area contributed by atoms with Gasteiger partial charge in [0.15, 0.2) is 0 Å². The van der Waals surface area contributed by atoms with Crippen LogP contribution < -0.4 is 8.58 Å². The second-order valence-electron chi connectivity index (χ2n) is 1.84. The third-order valence-electron chi connectivity index (χ3n) is 0.982. The van der Waals surface area contributed by atoms with Gasteiger partial charge in [-0.25, -0.2) is 0 Å². The fraction of sp³-hybridized carbons (Fsp3) is 0.200. The molecule has 0 bridgehead atoms. The Bertz CT molecular complexity index is 228. The summed E-state index contributed by atoms with van der Waals surface area (Å²) in [6.45, 7) is -2.80. The van der Waals surface area contributed by atoms with Gasteiger partial charge < -0.3 is 0 Å². The molecule has 0 N–H and O–H groups in total. The molecule has 1 aromatic heterocycles. The van der Waals surface area contributed by atoms with Gasteiger partial charge in [0, 0.05) is 0 Å². The molecule has 0 fully saturated rings. The fourth-order valence-corrected chi connectivity index (χ4v) is 1.28. The number of halogens is 2. The molecule has 0 radical (unpaired) electrons. The maximum absolute atomic E-state index is 11.6. The first-order valence-corrected chi connectivity index (χ1v) is 5.77. The molecular weight excluding hydrogens is 261 g/mol. The van der Waals surface area contributed by atoms with E-state index in [0.29, 0.717) is 0 Å². The number of aromatic nitrogens is 2. The normalized spacial score (nSPS) is 10.5. The predicted molar refractivity (Wildman–Crippen MR) is 38.2 cm³/mol. The van der Waals surface area contributed by atoms with Gasteiger partial charge in [0.2, 0.25) is 0 Å². The molecule has 0 atom stereocenters. The van der Waals surface area contributed by atoms with E-state index in [9.17, 15) is 8.78 Å². The average molecular weight is 267 g/mol. The number of hydrogen-bond donors (Lipinski definition) is 0. The molecule has 0 aliphatic carbocycles. The SMILES string of the molecule is FC(F)Oc1cn[c]([SnH3])nc1. The molecule has 0 aliphatic rings. The van der Waals surface area contributed by atoms with Crippen LogP contribution in [0.4, 0.5) is 8.78 Å². The number of ether oxygens (including phenoxy) is 1. The van der Waals surface area contributed by atoms with E-state index in [1.807, 2.05) is 0 Å². The average Bonchev–Trinajstić information content (AvgIpc) is 1.93. The molecule has 1 heterocycles. The van der Waals surface area contributed by atoms with E-state index in [-0.39, 0.29) is 28.3 Å². The van der Waals surface area contributed by atoms with Gasteiger partial charge in [0.1, 0.15) is 0 Å². The van der Waals surface area contributed by atoms with Gasteiger partial charge in [-0.2, -0.15) is 0 Å². The van der Waals surface area contributed by atoms with Crippen LogP contribution in [-0.4, -0.2) is 39.1 Å². The first-order valence-electron chi connectivity index (χ1n) is 2.92. The molecule has 6 heteroatoms. The summed E-state index contributed by atoms with van der Waals surface area (Å²) in [5.41, 5.74) is 0. The van der Waals surface area contributed by atoms with Crippen molar-refractivity contribution < 1.29 is 13.5 Å². The quantitative estimate of drug-likeness (QED) is 0.649. The molecule has 60 valence electrons. The summed E-state index contributed by atoms with van der Waals surface area (Å²) in [6.07, 6.45) is 2.51. The van der Waals surface area contributed by atoms with Crippen LogP contribution in [0.15, 0.2) is 12.4 Å². The number of rotatable bonds is 2. The first kappa shape index (κ1) is 8.63. The van der Waals surface area contributed by atoms with Crippen LogP contribution in [0.25, 0.3) is 0 Å². The van der Waals surface area contributed by atoms with Crippen molar-refractivity contribution in [2.75, 3.05) is 0 Å². The Hall–Kier alpha value is -0.461. The van der Waals surface area contributed by atoms with Crippen LogP contribution in [0.1, 0.15) is 0 Å². The standard InChI is InChI=1S/C5H3F2N2O.Sn.3H/c6-5(7)10-4-1-8-3-9-2-4;;;;/h1-2,5H;;;;. The summed E-state index contributed by atoms with van der Waals surface area (Å²) in [5, 5.41) is 0. The van der Waals surface area contributed by atoms with Crippen LogP contribution in [0.3, 0.4) is 0 Å². The maximum atomic E-state index is 11.6. The zero-order valence-electron chi connectivity index (χ0n) is 5.79. The third-order valence-corrected chi connectivity index (χ3v) is 2.46. The summed E-state index contributed by atoms with van der Waals surface area (Å²) in [6, 6.07) is 0. The second kappa shape index (κ2) is 3.79. The van der Waals surface area contributed by atoms with Crippen molar-refractivity contribution in [2.45, 2.75) is 6.61 Å². The summed E-state index contributed by atoms with van der Waals surface area (Å²) in [4.78, 5) is 7.51. The molecule has 1 aromatic rings. The van der Waals surface area contributed by atoms with Crippen molar-refractivity contribution in [2.24, 2.45) is 0 Å². The van der Waals surface area contributed by atoms with Crippen molar-refractivity contribution in [3.8, 4) is 5.75 Å². The molecule has 0 saturated carbocycles. The predicted octanol–water partition coefficient (Wildman–Crippen LogP) is -0.931. The van der Waals surface area contributed by atoms with Crippen molar-refractivity contribution in [3.63, 3.8) is 0 Å². The topological polar surface area (TPSA) is 35.0 Å². The van der Waals surface area contributed by atoms with Crippen LogP contribution >= 0.6 is 0 Å². The first-order chi connectivity index (χ1) is 5.18. The van der Waals surface area contributed by atoms with Gasteiger partial charge in [-0.1, -0.05) is 0 Å². The van der Waals surface area contributed by atoms with Crippen molar-refractivity contribution >= 4 is 26.4 Å². The van der Waals surface area contributed by atoms with Crippen molar-refractivity contribution in [1.82, 2.24) is 9.97 Å². The number of alkyl halides is 2. The summed E-state index contributed by atoms with van der Waals surface area (Å²) >= 11 is 0.217. The molecule has 3 nitrogen and oxygen atoms in total. The Kier molecular flexibility index (Phi) is 2.98. The molecular formula is C5H6F2N2OSn. The van der Waals surface area contributed by atoms with Gasteiger partial charge >= 0.3 is 74.6 Å². The molecule has 0 unspecified atom stereocenters. The summed E-state index contributed by atoms with van der Waals surface area (Å²) < 4.78 is 27.9. The van der Waals surface area contributed by atoms with Crippen LogP contribution in [0.5, 0.6) is 5.75 Å². The van der Waals surface area contributed by atoms with Gasteiger partial charge in [0.05, 0.1) is 0 Å². The van der Waals surface area contributed by atoms with Crippen molar-refractivity contribution in [3.05, 3.63) is 12.4 Å². The fourth-order valence-electron chi connectivity index (χ4n) is 0.544. The Labute approximate surface area is 74.9 Å². The molecule has 0 amide bonds. The van der Waals surface area contributed by atoms with Crippen LogP contribution in [0, 0.1) is 0 Å². The van der Waals surface area contributed by atoms with E-state index >= 15 is 0 Å². The van der Waals surface area contributed by atoms with Gasteiger partial charge in [-0.15, -0.1) is 0 Å². The molecule has 0 aliphatic heterocycles. The molecule has 0 spiro atoms. The minimum atomic E-state index is -2.80. The molecule has 1 rings (SSSR count). The second-order valence-corrected chi connectivity index (χ2v) is 4.40. The Morgan fingerprint density at radius 1 is 1.36 bits per heavy atom. The van der Waals surface area contributed by atoms with E-state index in [2.05, 4.69) is 14.7 Å². The zero-order valence-corrected chi connectivity index (χ0v) is 11.5. The third kappa shape index (κ3) is 2.96. The Balaban J connectivity index is 2.66. The number of hydrogen-bond acceptors (Lipinski definition) is 3. The Morgan fingerprint density at radius 2 is 1.91 bits per heavy atom. The van der Waals surface area contributed by atoms with Gasteiger partial charge in [0.25, 0.3) is 0 Å².